The zero-order valence-corrected chi connectivity index (χ0v) is 19.5. The summed E-state index contributed by atoms with van der Waals surface area (Å²) in [6, 6.07) is 4.06. The topological polar surface area (TPSA) is 96.0 Å². The van der Waals surface area contributed by atoms with E-state index < -0.39 is 76.0 Å². The number of benzene rings is 2. The van der Waals surface area contributed by atoms with Gasteiger partial charge in [-0.05, 0) is 36.4 Å². The molecule has 0 unspecified atom stereocenters. The Morgan fingerprint density at radius 3 is 2.10 bits per heavy atom. The molecule has 1 N–H and O–H groups in total. The van der Waals surface area contributed by atoms with E-state index in [4.69, 9.17) is 4.74 Å². The second-order valence-corrected chi connectivity index (χ2v) is 7.23. The smallest absolute Gasteiger partial charge is 0.490 e. The minimum absolute atomic E-state index is 0.120. The number of pyridine rings is 1. The summed E-state index contributed by atoms with van der Waals surface area (Å²) >= 11 is 0. The average molecular weight is 566 g/mol. The van der Waals surface area contributed by atoms with E-state index in [9.17, 15) is 40.3 Å². The lowest BCUT2D eigenvalue weighted by molar-refractivity contribution is -0.275. The predicted octanol–water partition coefficient (Wildman–Crippen LogP) is 6.12. The van der Waals surface area contributed by atoms with E-state index in [1.807, 2.05) is 5.32 Å². The predicted molar refractivity (Wildman–Crippen MR) is 115 cm³/mol. The third-order valence-electron chi connectivity index (χ3n) is 4.73. The van der Waals surface area contributed by atoms with Gasteiger partial charge < -0.3 is 24.3 Å². The second kappa shape index (κ2) is 11.0. The molecule has 208 valence electrons. The molecule has 0 bridgehead atoms. The van der Waals surface area contributed by atoms with Gasteiger partial charge in [-0.3, -0.25) is 4.79 Å². The van der Waals surface area contributed by atoms with Crippen molar-refractivity contribution in [2.24, 2.45) is 0 Å². The first-order valence-corrected chi connectivity index (χ1v) is 10.2. The highest BCUT2D eigenvalue weighted by Gasteiger charge is 2.38. The van der Waals surface area contributed by atoms with Crippen molar-refractivity contribution in [3.63, 3.8) is 0 Å². The molecule has 0 spiro atoms. The van der Waals surface area contributed by atoms with Gasteiger partial charge in [0.25, 0.3) is 5.91 Å². The average Bonchev–Trinajstić information content (AvgIpc) is 2.84. The van der Waals surface area contributed by atoms with Crippen LogP contribution in [0.5, 0.6) is 23.0 Å². The van der Waals surface area contributed by atoms with Crippen LogP contribution < -0.4 is 19.5 Å². The standard InChI is InChI=1S/C23H14F8N2O6/c1-36-19-14(6-5-13(18(19)25)39-23(29,30)31)38-12-4-3-11(22(26,27)28)17(24)16(12)20(34)33-15-9-10(7-8-32-15)21(35)37-2/h3-9H,1-2H3,(H,32,33,34). The summed E-state index contributed by atoms with van der Waals surface area (Å²) in [6.07, 6.45) is -9.50. The highest BCUT2D eigenvalue weighted by molar-refractivity contribution is 6.06. The number of carbonyl (C=O) groups is 2. The normalized spacial score (nSPS) is 11.5. The molecule has 39 heavy (non-hydrogen) atoms. The Labute approximate surface area is 213 Å². The van der Waals surface area contributed by atoms with Crippen LogP contribution in [0.15, 0.2) is 42.6 Å². The molecule has 0 radical (unpaired) electrons. The fraction of sp³-hybridized carbons (Fsp3) is 0.174. The van der Waals surface area contributed by atoms with Gasteiger partial charge in [0, 0.05) is 6.20 Å². The third-order valence-corrected chi connectivity index (χ3v) is 4.73. The number of nitrogens with one attached hydrogen (secondary N) is 1. The molecule has 1 heterocycles. The fourth-order valence-corrected chi connectivity index (χ4v) is 3.11. The number of methoxy groups -OCH3 is 2. The molecule has 8 nitrogen and oxygen atoms in total. The highest BCUT2D eigenvalue weighted by Crippen LogP contribution is 2.42. The molecule has 1 amide bonds. The Kier molecular flexibility index (Phi) is 8.16. The Bertz CT molecular complexity index is 1410. The number of hydrogen-bond acceptors (Lipinski definition) is 7. The minimum Gasteiger partial charge on any atom is -0.490 e. The molecule has 0 aliphatic carbocycles. The number of nitrogens with zero attached hydrogens (tertiary/aromatic N) is 1. The van der Waals surface area contributed by atoms with E-state index >= 15 is 4.39 Å². The summed E-state index contributed by atoms with van der Waals surface area (Å²) in [5, 5.41) is 2.00. The van der Waals surface area contributed by atoms with E-state index in [2.05, 4.69) is 19.2 Å². The number of carbonyl (C=O) groups excluding carboxylic acids is 2. The number of rotatable bonds is 7. The Hall–Kier alpha value is -4.63. The lowest BCUT2D eigenvalue weighted by Gasteiger charge is -2.18. The molecule has 0 fully saturated rings. The third kappa shape index (κ3) is 6.63. The Morgan fingerprint density at radius 2 is 1.51 bits per heavy atom. The summed E-state index contributed by atoms with van der Waals surface area (Å²) in [5.74, 6) is -10.6. The first-order valence-electron chi connectivity index (χ1n) is 10.2. The van der Waals surface area contributed by atoms with Crippen molar-refractivity contribution >= 4 is 17.7 Å². The monoisotopic (exact) mass is 566 g/mol. The van der Waals surface area contributed by atoms with E-state index in [0.29, 0.717) is 18.2 Å². The molecule has 0 saturated carbocycles. The van der Waals surface area contributed by atoms with Crippen LogP contribution in [0.2, 0.25) is 0 Å². The second-order valence-electron chi connectivity index (χ2n) is 7.23. The number of esters is 1. The van der Waals surface area contributed by atoms with Gasteiger partial charge in [-0.15, -0.1) is 13.2 Å². The van der Waals surface area contributed by atoms with Crippen molar-refractivity contribution in [1.29, 1.82) is 0 Å². The number of aromatic nitrogens is 1. The maximum atomic E-state index is 15.1. The SMILES string of the molecule is COC(=O)c1ccnc(NC(=O)c2c(Oc3ccc(OC(F)(F)F)c(F)c3OC)ccc(C(F)(F)F)c2F)c1. The summed E-state index contributed by atoms with van der Waals surface area (Å²) < 4.78 is 125. The van der Waals surface area contributed by atoms with E-state index in [-0.39, 0.29) is 11.6 Å². The number of anilines is 1. The maximum absolute atomic E-state index is 15.1. The van der Waals surface area contributed by atoms with Crippen LogP contribution in [0.1, 0.15) is 26.3 Å². The first-order chi connectivity index (χ1) is 18.2. The molecule has 0 saturated heterocycles. The van der Waals surface area contributed by atoms with Crippen molar-refractivity contribution in [1.82, 2.24) is 4.98 Å². The van der Waals surface area contributed by atoms with Crippen LogP contribution in [0.4, 0.5) is 40.9 Å². The summed E-state index contributed by atoms with van der Waals surface area (Å²) in [6.45, 7) is 0. The fourth-order valence-electron chi connectivity index (χ4n) is 3.11. The molecule has 3 rings (SSSR count). The number of amides is 1. The first kappa shape index (κ1) is 28.9. The molecule has 2 aromatic carbocycles. The van der Waals surface area contributed by atoms with E-state index in [0.717, 1.165) is 26.5 Å². The van der Waals surface area contributed by atoms with Crippen molar-refractivity contribution < 1.29 is 63.7 Å². The quantitative estimate of drug-likeness (QED) is 0.272. The van der Waals surface area contributed by atoms with Gasteiger partial charge in [0.1, 0.15) is 17.1 Å². The molecule has 0 aliphatic rings. The minimum atomic E-state index is -5.28. The molecule has 0 aliphatic heterocycles. The van der Waals surface area contributed by atoms with Crippen LogP contribution in [0.25, 0.3) is 0 Å². The van der Waals surface area contributed by atoms with Gasteiger partial charge in [0.05, 0.1) is 25.3 Å². The van der Waals surface area contributed by atoms with Crippen molar-refractivity contribution in [2.75, 3.05) is 19.5 Å². The molecule has 3 aromatic rings. The Morgan fingerprint density at radius 1 is 0.872 bits per heavy atom. The van der Waals surface area contributed by atoms with Crippen LogP contribution in [-0.2, 0) is 10.9 Å². The van der Waals surface area contributed by atoms with Crippen LogP contribution >= 0.6 is 0 Å². The zero-order valence-electron chi connectivity index (χ0n) is 19.5. The maximum Gasteiger partial charge on any atom is 0.573 e. The van der Waals surface area contributed by atoms with Crippen molar-refractivity contribution in [2.45, 2.75) is 12.5 Å². The highest BCUT2D eigenvalue weighted by atomic mass is 19.4. The number of hydrogen-bond donors (Lipinski definition) is 1. The van der Waals surface area contributed by atoms with Crippen LogP contribution in [-0.4, -0.2) is 37.4 Å². The van der Waals surface area contributed by atoms with Gasteiger partial charge in [-0.2, -0.15) is 17.6 Å². The number of halogens is 8. The van der Waals surface area contributed by atoms with Crippen LogP contribution in [0, 0.1) is 11.6 Å². The summed E-state index contributed by atoms with van der Waals surface area (Å²) in [4.78, 5) is 28.3. The van der Waals surface area contributed by atoms with Gasteiger partial charge in [-0.25, -0.2) is 14.2 Å². The van der Waals surface area contributed by atoms with Gasteiger partial charge in [0.15, 0.2) is 17.3 Å². The molecule has 0 atom stereocenters. The van der Waals surface area contributed by atoms with E-state index in [1.54, 1.807) is 0 Å². The van der Waals surface area contributed by atoms with E-state index in [1.165, 1.54) is 6.07 Å². The number of alkyl halides is 6. The summed E-state index contributed by atoms with van der Waals surface area (Å²) in [5.41, 5.74) is -3.33. The zero-order chi connectivity index (χ0) is 29.1. The van der Waals surface area contributed by atoms with Crippen LogP contribution in [0.3, 0.4) is 0 Å². The molecule has 1 aromatic heterocycles. The lowest BCUT2D eigenvalue weighted by Crippen LogP contribution is -2.20. The van der Waals surface area contributed by atoms with Crippen molar-refractivity contribution in [3.8, 4) is 23.0 Å². The molecular weight excluding hydrogens is 552 g/mol. The van der Waals surface area contributed by atoms with Crippen molar-refractivity contribution in [3.05, 3.63) is 70.9 Å². The number of ether oxygens (including phenoxy) is 4. The largest absolute Gasteiger partial charge is 0.573 e. The lowest BCUT2D eigenvalue weighted by atomic mass is 10.1. The van der Waals surface area contributed by atoms with Gasteiger partial charge in [-0.1, -0.05) is 0 Å². The molecule has 16 heteroatoms. The summed E-state index contributed by atoms with van der Waals surface area (Å²) in [7, 11) is 1.88. The van der Waals surface area contributed by atoms with Gasteiger partial charge >= 0.3 is 18.5 Å². The molecular formula is C23H14F8N2O6. The Balaban J connectivity index is 2.08. The van der Waals surface area contributed by atoms with Gasteiger partial charge in [0.2, 0.25) is 11.6 Å².